The van der Waals surface area contributed by atoms with Crippen molar-refractivity contribution < 1.29 is 18.0 Å². The molecule has 0 aromatic heterocycles. The second-order valence-electron chi connectivity index (χ2n) is 7.90. The summed E-state index contributed by atoms with van der Waals surface area (Å²) in [4.78, 5) is 27.4. The molecule has 2 aromatic carbocycles. The van der Waals surface area contributed by atoms with E-state index in [1.165, 1.54) is 4.90 Å². The molecule has 0 unspecified atom stereocenters. The second-order valence-corrected chi connectivity index (χ2v) is 9.81. The zero-order valence-electron chi connectivity index (χ0n) is 19.5. The van der Waals surface area contributed by atoms with Gasteiger partial charge in [-0.3, -0.25) is 13.9 Å². The van der Waals surface area contributed by atoms with E-state index in [-0.39, 0.29) is 12.5 Å². The predicted molar refractivity (Wildman–Crippen MR) is 128 cm³/mol. The van der Waals surface area contributed by atoms with Gasteiger partial charge in [0.1, 0.15) is 12.6 Å². The molecule has 0 bridgehead atoms. The Morgan fingerprint density at radius 2 is 1.59 bits per heavy atom. The maximum absolute atomic E-state index is 13.4. The predicted octanol–water partition coefficient (Wildman–Crippen LogP) is 2.67. The Bertz CT molecular complexity index is 1020. The molecule has 0 radical (unpaired) electrons. The first kappa shape index (κ1) is 25.4. The summed E-state index contributed by atoms with van der Waals surface area (Å²) < 4.78 is 26.5. The molecule has 0 aliphatic rings. The number of nitrogens with zero attached hydrogens (tertiary/aromatic N) is 2. The Kier molecular flexibility index (Phi) is 8.83. The van der Waals surface area contributed by atoms with Crippen LogP contribution in [0.5, 0.6) is 0 Å². The number of amides is 2. The van der Waals surface area contributed by atoms with E-state index in [2.05, 4.69) is 5.32 Å². The van der Waals surface area contributed by atoms with Crippen molar-refractivity contribution in [2.24, 2.45) is 0 Å². The quantitative estimate of drug-likeness (QED) is 0.592. The van der Waals surface area contributed by atoms with Gasteiger partial charge in [0, 0.05) is 13.1 Å². The minimum absolute atomic E-state index is 0.271. The molecule has 0 fully saturated rings. The number of para-hydroxylation sites is 1. The van der Waals surface area contributed by atoms with Crippen LogP contribution in [0.1, 0.15) is 30.5 Å². The van der Waals surface area contributed by atoms with Crippen molar-refractivity contribution in [3.63, 3.8) is 0 Å². The topological polar surface area (TPSA) is 86.8 Å². The van der Waals surface area contributed by atoms with Crippen LogP contribution in [0.15, 0.2) is 48.5 Å². The zero-order valence-corrected chi connectivity index (χ0v) is 20.3. The average Bonchev–Trinajstić information content (AvgIpc) is 2.73. The van der Waals surface area contributed by atoms with E-state index in [9.17, 15) is 18.0 Å². The Labute approximate surface area is 191 Å². The molecule has 0 aliphatic carbocycles. The summed E-state index contributed by atoms with van der Waals surface area (Å²) in [5.74, 6) is -0.695. The average molecular weight is 460 g/mol. The monoisotopic (exact) mass is 459 g/mol. The standard InChI is InChI=1S/C24H33N3O4S/c1-6-25-24(29)20(4)26(16-15-21-13-8-7-9-14-21)22(28)17-27(32(5,30)31)23-18(2)11-10-12-19(23)3/h7-14,20H,6,15-17H2,1-5H3,(H,25,29)/t20-/m1/s1. The number of carbonyl (C=O) groups excluding carboxylic acids is 2. The van der Waals surface area contributed by atoms with Crippen LogP contribution in [-0.2, 0) is 26.0 Å². The summed E-state index contributed by atoms with van der Waals surface area (Å²) in [6.45, 7) is 7.48. The van der Waals surface area contributed by atoms with Crippen molar-refractivity contribution in [2.75, 3.05) is 30.2 Å². The fourth-order valence-electron chi connectivity index (χ4n) is 3.67. The lowest BCUT2D eigenvalue weighted by molar-refractivity contribution is -0.138. The van der Waals surface area contributed by atoms with Crippen molar-refractivity contribution in [3.05, 3.63) is 65.2 Å². The van der Waals surface area contributed by atoms with Crippen LogP contribution in [0.3, 0.4) is 0 Å². The van der Waals surface area contributed by atoms with Gasteiger partial charge in [-0.25, -0.2) is 8.42 Å². The van der Waals surface area contributed by atoms with Crippen molar-refractivity contribution in [1.29, 1.82) is 0 Å². The van der Waals surface area contributed by atoms with Gasteiger partial charge in [0.05, 0.1) is 11.9 Å². The lowest BCUT2D eigenvalue weighted by atomic mass is 10.1. The number of hydrogen-bond donors (Lipinski definition) is 1. The molecule has 2 rings (SSSR count). The normalized spacial score (nSPS) is 12.2. The van der Waals surface area contributed by atoms with Crippen LogP contribution in [0.4, 0.5) is 5.69 Å². The Morgan fingerprint density at radius 1 is 1.00 bits per heavy atom. The van der Waals surface area contributed by atoms with Crippen molar-refractivity contribution in [3.8, 4) is 0 Å². The lowest BCUT2D eigenvalue weighted by Gasteiger charge is -2.32. The second kappa shape index (κ2) is 11.1. The molecule has 7 nitrogen and oxygen atoms in total. The van der Waals surface area contributed by atoms with Crippen LogP contribution in [0.25, 0.3) is 0 Å². The van der Waals surface area contributed by atoms with Gasteiger partial charge in [0.2, 0.25) is 21.8 Å². The maximum atomic E-state index is 13.4. The number of hydrogen-bond acceptors (Lipinski definition) is 4. The maximum Gasteiger partial charge on any atom is 0.244 e. The van der Waals surface area contributed by atoms with Crippen LogP contribution < -0.4 is 9.62 Å². The molecule has 2 aromatic rings. The number of benzene rings is 2. The van der Waals surface area contributed by atoms with Gasteiger partial charge in [-0.1, -0.05) is 48.5 Å². The molecule has 1 atom stereocenters. The SMILES string of the molecule is CCNC(=O)[C@@H](C)N(CCc1ccccc1)C(=O)CN(c1c(C)cccc1C)S(C)(=O)=O. The molecule has 32 heavy (non-hydrogen) atoms. The van der Waals surface area contributed by atoms with Crippen LogP contribution in [0.2, 0.25) is 0 Å². The summed E-state index contributed by atoms with van der Waals surface area (Å²) in [6.07, 6.45) is 1.65. The molecule has 0 aliphatic heterocycles. The number of likely N-dealkylation sites (N-methyl/N-ethyl adjacent to an activating group) is 1. The van der Waals surface area contributed by atoms with Crippen LogP contribution in [-0.4, -0.2) is 57.1 Å². The minimum Gasteiger partial charge on any atom is -0.355 e. The third kappa shape index (κ3) is 6.56. The fraction of sp³-hybridized carbons (Fsp3) is 0.417. The van der Waals surface area contributed by atoms with E-state index < -0.39 is 22.0 Å². The Hall–Kier alpha value is -2.87. The summed E-state index contributed by atoms with van der Waals surface area (Å²) >= 11 is 0. The smallest absolute Gasteiger partial charge is 0.244 e. The molecule has 174 valence electrons. The Balaban J connectivity index is 2.36. The van der Waals surface area contributed by atoms with E-state index in [0.717, 1.165) is 27.3 Å². The highest BCUT2D eigenvalue weighted by molar-refractivity contribution is 7.92. The molecule has 2 amide bonds. The molecule has 0 saturated carbocycles. The molecule has 1 N–H and O–H groups in total. The number of sulfonamides is 1. The van der Waals surface area contributed by atoms with Gasteiger partial charge in [0.25, 0.3) is 0 Å². The third-order valence-electron chi connectivity index (χ3n) is 5.37. The first-order valence-corrected chi connectivity index (χ1v) is 12.6. The number of carbonyl (C=O) groups is 2. The van der Waals surface area contributed by atoms with Crippen LogP contribution in [0, 0.1) is 13.8 Å². The summed E-state index contributed by atoms with van der Waals surface area (Å²) in [7, 11) is -3.73. The summed E-state index contributed by atoms with van der Waals surface area (Å²) in [5, 5.41) is 2.75. The van der Waals surface area contributed by atoms with Gasteiger partial charge < -0.3 is 10.2 Å². The highest BCUT2D eigenvalue weighted by Crippen LogP contribution is 2.27. The molecule has 0 heterocycles. The van der Waals surface area contributed by atoms with Crippen LogP contribution >= 0.6 is 0 Å². The number of nitrogens with one attached hydrogen (secondary N) is 1. The third-order valence-corrected chi connectivity index (χ3v) is 6.48. The van der Waals surface area contributed by atoms with E-state index in [1.807, 2.05) is 69.3 Å². The molecule has 8 heteroatoms. The minimum atomic E-state index is -3.73. The summed E-state index contributed by atoms with van der Waals surface area (Å²) in [5.41, 5.74) is 3.05. The fourth-order valence-corrected chi connectivity index (χ4v) is 4.63. The highest BCUT2D eigenvalue weighted by atomic mass is 32.2. The van der Waals surface area contributed by atoms with Gasteiger partial charge in [-0.2, -0.15) is 0 Å². The first-order valence-electron chi connectivity index (χ1n) is 10.7. The zero-order chi connectivity index (χ0) is 23.9. The van der Waals surface area contributed by atoms with E-state index in [4.69, 9.17) is 0 Å². The van der Waals surface area contributed by atoms with Crippen molar-refractivity contribution in [1.82, 2.24) is 10.2 Å². The molecular formula is C24H33N3O4S. The van der Waals surface area contributed by atoms with Gasteiger partial charge in [-0.05, 0) is 50.8 Å². The van der Waals surface area contributed by atoms with Crippen molar-refractivity contribution in [2.45, 2.75) is 40.2 Å². The van der Waals surface area contributed by atoms with Crippen molar-refractivity contribution >= 4 is 27.5 Å². The van der Waals surface area contributed by atoms with Gasteiger partial charge in [-0.15, -0.1) is 0 Å². The van der Waals surface area contributed by atoms with E-state index >= 15 is 0 Å². The molecule has 0 spiro atoms. The molecular weight excluding hydrogens is 426 g/mol. The highest BCUT2D eigenvalue weighted by Gasteiger charge is 2.30. The molecule has 0 saturated heterocycles. The lowest BCUT2D eigenvalue weighted by Crippen LogP contribution is -2.52. The number of anilines is 1. The first-order chi connectivity index (χ1) is 15.1. The number of aryl methyl sites for hydroxylation is 2. The van der Waals surface area contributed by atoms with E-state index in [0.29, 0.717) is 25.2 Å². The van der Waals surface area contributed by atoms with Gasteiger partial charge in [0.15, 0.2) is 0 Å². The largest absolute Gasteiger partial charge is 0.355 e. The summed E-state index contributed by atoms with van der Waals surface area (Å²) in [6, 6.07) is 14.4. The number of rotatable bonds is 10. The van der Waals surface area contributed by atoms with E-state index in [1.54, 1.807) is 6.92 Å². The van der Waals surface area contributed by atoms with Gasteiger partial charge >= 0.3 is 0 Å². The Morgan fingerprint density at radius 3 is 2.12 bits per heavy atom.